The van der Waals surface area contributed by atoms with Crippen molar-refractivity contribution in [2.45, 2.75) is 19.9 Å². The Labute approximate surface area is 169 Å². The van der Waals surface area contributed by atoms with Gasteiger partial charge in [-0.05, 0) is 43.7 Å². The zero-order chi connectivity index (χ0) is 20.7. The van der Waals surface area contributed by atoms with E-state index in [9.17, 15) is 19.1 Å². The van der Waals surface area contributed by atoms with E-state index in [0.717, 1.165) is 5.56 Å². The summed E-state index contributed by atoms with van der Waals surface area (Å²) in [6.45, 7) is 3.67. The van der Waals surface area contributed by atoms with Gasteiger partial charge >= 0.3 is 5.91 Å². The predicted molar refractivity (Wildman–Crippen MR) is 107 cm³/mol. The molecule has 1 atom stereocenters. The van der Waals surface area contributed by atoms with Crippen LogP contribution in [-0.2, 0) is 9.59 Å². The molecule has 3 aromatic rings. The van der Waals surface area contributed by atoms with E-state index in [1.54, 1.807) is 19.1 Å². The van der Waals surface area contributed by atoms with Gasteiger partial charge in [0.25, 0.3) is 5.78 Å². The molecule has 8 heteroatoms. The molecule has 6 nitrogen and oxygen atoms in total. The molecule has 0 spiro atoms. The molecule has 29 heavy (non-hydrogen) atoms. The lowest BCUT2D eigenvalue weighted by atomic mass is 9.95. The predicted octanol–water partition coefficient (Wildman–Crippen LogP) is 3.92. The van der Waals surface area contributed by atoms with E-state index in [-0.39, 0.29) is 22.0 Å². The number of hydrogen-bond acceptors (Lipinski definition) is 6. The van der Waals surface area contributed by atoms with Crippen molar-refractivity contribution in [2.75, 3.05) is 4.90 Å². The van der Waals surface area contributed by atoms with E-state index in [0.29, 0.717) is 10.6 Å². The van der Waals surface area contributed by atoms with E-state index >= 15 is 0 Å². The molecule has 146 valence electrons. The average Bonchev–Trinajstić information content (AvgIpc) is 3.24. The first kappa shape index (κ1) is 18.9. The van der Waals surface area contributed by atoms with Crippen LogP contribution in [0.25, 0.3) is 5.76 Å². The molecule has 1 saturated heterocycles. The number of Topliss-reactive ketones (excluding diaryl/α,β-unsaturated/α-hetero) is 1. The first-order valence-corrected chi connectivity index (χ1v) is 9.62. The molecule has 1 amide bonds. The second-order valence-corrected chi connectivity index (χ2v) is 7.85. The van der Waals surface area contributed by atoms with Crippen LogP contribution in [-0.4, -0.2) is 27.0 Å². The Morgan fingerprint density at radius 2 is 1.69 bits per heavy atom. The summed E-state index contributed by atoms with van der Waals surface area (Å²) in [5.74, 6) is -2.46. The Bertz CT molecular complexity index is 1140. The third-order valence-electron chi connectivity index (χ3n) is 4.68. The van der Waals surface area contributed by atoms with Gasteiger partial charge in [-0.15, -0.1) is 10.2 Å². The van der Waals surface area contributed by atoms with Crippen LogP contribution in [0.4, 0.5) is 9.52 Å². The third-order valence-corrected chi connectivity index (χ3v) is 5.51. The van der Waals surface area contributed by atoms with E-state index in [1.165, 1.54) is 40.5 Å². The molecule has 0 unspecified atom stereocenters. The van der Waals surface area contributed by atoms with Gasteiger partial charge in [0.15, 0.2) is 0 Å². The molecule has 1 aliphatic heterocycles. The van der Waals surface area contributed by atoms with Crippen molar-refractivity contribution in [2.24, 2.45) is 0 Å². The molecular formula is C21H16FN3O3S. The van der Waals surface area contributed by atoms with Gasteiger partial charge in [0.1, 0.15) is 16.6 Å². The minimum Gasteiger partial charge on any atom is -0.507 e. The van der Waals surface area contributed by atoms with Gasteiger partial charge in [-0.3, -0.25) is 14.5 Å². The van der Waals surface area contributed by atoms with E-state index < -0.39 is 23.5 Å². The molecule has 1 fully saturated rings. The SMILES string of the molecule is Cc1ccc([C@@H]2C(=C(O)c3ccc(F)cc3)C(=O)C(=O)N2c2nnc(C)s2)cc1. The number of aryl methyl sites for hydroxylation is 2. The Kier molecular flexibility index (Phi) is 4.71. The molecule has 1 N–H and O–H groups in total. The molecule has 0 radical (unpaired) electrons. The van der Waals surface area contributed by atoms with Crippen LogP contribution in [0.5, 0.6) is 0 Å². The second kappa shape index (κ2) is 7.21. The highest BCUT2D eigenvalue weighted by Crippen LogP contribution is 2.42. The van der Waals surface area contributed by atoms with Crippen molar-refractivity contribution in [3.05, 3.63) is 81.6 Å². The van der Waals surface area contributed by atoms with Crippen LogP contribution < -0.4 is 4.90 Å². The summed E-state index contributed by atoms with van der Waals surface area (Å²) in [4.78, 5) is 27.0. The van der Waals surface area contributed by atoms with Crippen molar-refractivity contribution < 1.29 is 19.1 Å². The van der Waals surface area contributed by atoms with Gasteiger partial charge in [0, 0.05) is 5.56 Å². The number of benzene rings is 2. The molecule has 1 aliphatic rings. The Morgan fingerprint density at radius 1 is 1.03 bits per heavy atom. The Morgan fingerprint density at radius 3 is 2.28 bits per heavy atom. The van der Waals surface area contributed by atoms with Crippen molar-refractivity contribution >= 4 is 33.9 Å². The maximum absolute atomic E-state index is 13.3. The van der Waals surface area contributed by atoms with Gasteiger partial charge in [-0.2, -0.15) is 0 Å². The first-order valence-electron chi connectivity index (χ1n) is 8.80. The van der Waals surface area contributed by atoms with E-state index in [4.69, 9.17) is 0 Å². The average molecular weight is 409 g/mol. The number of aromatic nitrogens is 2. The van der Waals surface area contributed by atoms with Gasteiger partial charge < -0.3 is 5.11 Å². The number of amides is 1. The lowest BCUT2D eigenvalue weighted by molar-refractivity contribution is -0.132. The topological polar surface area (TPSA) is 83.4 Å². The number of carbonyl (C=O) groups is 2. The van der Waals surface area contributed by atoms with Crippen LogP contribution in [0, 0.1) is 19.7 Å². The second-order valence-electron chi connectivity index (χ2n) is 6.69. The number of aliphatic hydroxyl groups is 1. The minimum atomic E-state index is -0.868. The summed E-state index contributed by atoms with van der Waals surface area (Å²) in [7, 11) is 0. The monoisotopic (exact) mass is 409 g/mol. The summed E-state index contributed by atoms with van der Waals surface area (Å²) in [6, 6.07) is 11.5. The van der Waals surface area contributed by atoms with Crippen LogP contribution >= 0.6 is 11.3 Å². The lowest BCUT2D eigenvalue weighted by Gasteiger charge is -2.22. The molecular weight excluding hydrogens is 393 g/mol. The number of anilines is 1. The van der Waals surface area contributed by atoms with Crippen molar-refractivity contribution in [1.82, 2.24) is 10.2 Å². The summed E-state index contributed by atoms with van der Waals surface area (Å²) >= 11 is 1.18. The molecule has 0 aliphatic carbocycles. The molecule has 2 aromatic carbocycles. The highest BCUT2D eigenvalue weighted by Gasteiger charge is 2.48. The van der Waals surface area contributed by atoms with E-state index in [2.05, 4.69) is 10.2 Å². The molecule has 2 heterocycles. The quantitative estimate of drug-likeness (QED) is 0.403. The number of halogens is 1. The zero-order valence-electron chi connectivity index (χ0n) is 15.6. The fraction of sp³-hybridized carbons (Fsp3) is 0.143. The molecule has 1 aromatic heterocycles. The van der Waals surface area contributed by atoms with Crippen LogP contribution in [0.2, 0.25) is 0 Å². The van der Waals surface area contributed by atoms with Crippen LogP contribution in [0.3, 0.4) is 0 Å². The smallest absolute Gasteiger partial charge is 0.301 e. The highest BCUT2D eigenvalue weighted by atomic mass is 32.1. The lowest BCUT2D eigenvalue weighted by Crippen LogP contribution is -2.29. The van der Waals surface area contributed by atoms with Crippen molar-refractivity contribution in [3.8, 4) is 0 Å². The largest absolute Gasteiger partial charge is 0.507 e. The van der Waals surface area contributed by atoms with Gasteiger partial charge in [-0.25, -0.2) is 4.39 Å². The van der Waals surface area contributed by atoms with Crippen molar-refractivity contribution in [1.29, 1.82) is 0 Å². The minimum absolute atomic E-state index is 0.0710. The van der Waals surface area contributed by atoms with Crippen LogP contribution in [0.1, 0.15) is 27.7 Å². The van der Waals surface area contributed by atoms with Gasteiger partial charge in [-0.1, -0.05) is 41.2 Å². The highest BCUT2D eigenvalue weighted by molar-refractivity contribution is 7.15. The molecule has 0 saturated carbocycles. The maximum atomic E-state index is 13.3. The number of ketones is 1. The third kappa shape index (κ3) is 3.31. The zero-order valence-corrected chi connectivity index (χ0v) is 16.4. The maximum Gasteiger partial charge on any atom is 0.301 e. The Balaban J connectivity index is 1.93. The molecule has 0 bridgehead atoms. The first-order chi connectivity index (χ1) is 13.9. The fourth-order valence-electron chi connectivity index (χ4n) is 3.24. The standard InChI is InChI=1S/C21H16FN3O3S/c1-11-3-5-13(6-4-11)17-16(18(26)14-7-9-15(22)10-8-14)19(27)20(28)25(17)21-24-23-12(2)29-21/h3-10,17,26H,1-2H3/t17-/m1/s1. The number of carbonyl (C=O) groups excluding carboxylic acids is 2. The van der Waals surface area contributed by atoms with Gasteiger partial charge in [0.2, 0.25) is 5.13 Å². The van der Waals surface area contributed by atoms with Crippen molar-refractivity contribution in [3.63, 3.8) is 0 Å². The number of hydrogen-bond donors (Lipinski definition) is 1. The number of nitrogens with zero attached hydrogens (tertiary/aromatic N) is 3. The number of rotatable bonds is 3. The van der Waals surface area contributed by atoms with Crippen LogP contribution in [0.15, 0.2) is 54.1 Å². The van der Waals surface area contributed by atoms with Gasteiger partial charge in [0.05, 0.1) is 11.6 Å². The summed E-state index contributed by atoms with van der Waals surface area (Å²) in [6.07, 6.45) is 0. The summed E-state index contributed by atoms with van der Waals surface area (Å²) in [5, 5.41) is 19.8. The number of aliphatic hydroxyl groups excluding tert-OH is 1. The fourth-order valence-corrected chi connectivity index (χ4v) is 3.95. The molecule has 4 rings (SSSR count). The Hall–Kier alpha value is -3.39. The van der Waals surface area contributed by atoms with E-state index in [1.807, 2.05) is 19.1 Å². The summed E-state index contributed by atoms with van der Waals surface area (Å²) < 4.78 is 13.3. The normalized spacial score (nSPS) is 18.4. The summed E-state index contributed by atoms with van der Waals surface area (Å²) in [5.41, 5.74) is 1.83.